The second-order valence-corrected chi connectivity index (χ2v) is 6.03. The van der Waals surface area contributed by atoms with Crippen LogP contribution in [0.25, 0.3) is 0 Å². The highest BCUT2D eigenvalue weighted by Gasteiger charge is 2.11. The fourth-order valence-corrected chi connectivity index (χ4v) is 2.51. The number of rotatable bonds is 6. The molecule has 1 N–H and O–H groups in total. The van der Waals surface area contributed by atoms with Crippen molar-refractivity contribution in [1.82, 2.24) is 5.32 Å². The Hall–Kier alpha value is -0.0900. The van der Waals surface area contributed by atoms with Crippen LogP contribution in [0.3, 0.4) is 0 Å². The van der Waals surface area contributed by atoms with E-state index < -0.39 is 9.84 Å². The van der Waals surface area contributed by atoms with Gasteiger partial charge in [-0.15, -0.1) is 0 Å². The third-order valence-electron chi connectivity index (χ3n) is 1.84. The Labute approximate surface area is 81.8 Å². The van der Waals surface area contributed by atoms with Gasteiger partial charge in [0.15, 0.2) is 0 Å². The lowest BCUT2D eigenvalue weighted by Gasteiger charge is -2.18. The molecule has 3 nitrogen and oxygen atoms in total. The summed E-state index contributed by atoms with van der Waals surface area (Å²) in [6.45, 7) is 6.12. The Bertz CT molecular complexity index is 224. The molecule has 0 bridgehead atoms. The second kappa shape index (κ2) is 5.60. The van der Waals surface area contributed by atoms with Crippen LogP contribution in [-0.2, 0) is 9.84 Å². The highest BCUT2D eigenvalue weighted by atomic mass is 32.2. The average Bonchev–Trinajstić information content (AvgIpc) is 1.81. The van der Waals surface area contributed by atoms with Crippen LogP contribution < -0.4 is 5.32 Å². The van der Waals surface area contributed by atoms with E-state index in [1.165, 1.54) is 6.26 Å². The van der Waals surface area contributed by atoms with E-state index in [1.807, 2.05) is 6.92 Å². The zero-order chi connectivity index (χ0) is 10.5. The quantitative estimate of drug-likeness (QED) is 0.712. The van der Waals surface area contributed by atoms with E-state index in [0.717, 1.165) is 12.8 Å². The zero-order valence-electron chi connectivity index (χ0n) is 9.00. The molecule has 2 atom stereocenters. The third-order valence-corrected chi connectivity index (χ3v) is 2.95. The Morgan fingerprint density at radius 3 is 2.15 bits per heavy atom. The Kier molecular flexibility index (Phi) is 5.56. The predicted octanol–water partition coefficient (Wildman–Crippen LogP) is 1.20. The maximum Gasteiger partial charge on any atom is 0.148 e. The van der Waals surface area contributed by atoms with Crippen molar-refractivity contribution in [1.29, 1.82) is 0 Å². The summed E-state index contributed by atoms with van der Waals surface area (Å²) in [5, 5.41) is 3.26. The predicted molar refractivity (Wildman–Crippen MR) is 56.7 cm³/mol. The van der Waals surface area contributed by atoms with Gasteiger partial charge in [0.2, 0.25) is 0 Å². The Morgan fingerprint density at radius 1 is 1.23 bits per heavy atom. The first-order chi connectivity index (χ1) is 5.85. The van der Waals surface area contributed by atoms with Crippen LogP contribution in [0.5, 0.6) is 0 Å². The van der Waals surface area contributed by atoms with Gasteiger partial charge in [0.25, 0.3) is 0 Å². The van der Waals surface area contributed by atoms with E-state index in [0.29, 0.717) is 6.04 Å². The van der Waals surface area contributed by atoms with Crippen LogP contribution in [0.1, 0.15) is 33.6 Å². The maximum absolute atomic E-state index is 10.9. The molecule has 0 radical (unpaired) electrons. The normalized spacial score (nSPS) is 16.9. The molecule has 0 aromatic heterocycles. The Morgan fingerprint density at radius 2 is 1.77 bits per heavy atom. The number of hydrogen-bond donors (Lipinski definition) is 1. The first-order valence-corrected chi connectivity index (χ1v) is 6.85. The van der Waals surface area contributed by atoms with Gasteiger partial charge >= 0.3 is 0 Å². The zero-order valence-corrected chi connectivity index (χ0v) is 9.82. The molecule has 0 aliphatic carbocycles. The SMILES string of the molecule is CCCC(C)NC(C)CS(C)(=O)=O. The molecule has 0 aliphatic rings. The van der Waals surface area contributed by atoms with E-state index in [2.05, 4.69) is 19.2 Å². The summed E-state index contributed by atoms with van der Waals surface area (Å²) >= 11 is 0. The molecule has 0 spiro atoms. The third kappa shape index (κ3) is 8.25. The minimum Gasteiger partial charge on any atom is -0.311 e. The lowest BCUT2D eigenvalue weighted by Crippen LogP contribution is -2.38. The summed E-state index contributed by atoms with van der Waals surface area (Å²) in [4.78, 5) is 0. The first-order valence-electron chi connectivity index (χ1n) is 4.79. The van der Waals surface area contributed by atoms with Gasteiger partial charge in [-0.2, -0.15) is 0 Å². The lowest BCUT2D eigenvalue weighted by molar-refractivity contribution is 0.460. The van der Waals surface area contributed by atoms with E-state index in [4.69, 9.17) is 0 Å². The summed E-state index contributed by atoms with van der Waals surface area (Å²) < 4.78 is 21.9. The summed E-state index contributed by atoms with van der Waals surface area (Å²) in [5.74, 6) is 0.223. The molecule has 0 aromatic carbocycles. The van der Waals surface area contributed by atoms with Gasteiger partial charge in [-0.25, -0.2) is 8.42 Å². The standard InChI is InChI=1S/C9H21NO2S/c1-5-6-8(2)10-9(3)7-13(4,11)12/h8-10H,5-7H2,1-4H3. The largest absolute Gasteiger partial charge is 0.311 e. The molecule has 0 fully saturated rings. The number of nitrogens with one attached hydrogen (secondary N) is 1. The van der Waals surface area contributed by atoms with Crippen LogP contribution in [0.15, 0.2) is 0 Å². The van der Waals surface area contributed by atoms with Gasteiger partial charge < -0.3 is 5.32 Å². The summed E-state index contributed by atoms with van der Waals surface area (Å²) in [6, 6.07) is 0.457. The number of sulfone groups is 1. The lowest BCUT2D eigenvalue weighted by atomic mass is 10.2. The molecule has 0 saturated heterocycles. The second-order valence-electron chi connectivity index (χ2n) is 3.85. The molecule has 0 rings (SSSR count). The monoisotopic (exact) mass is 207 g/mol. The van der Waals surface area contributed by atoms with Crippen molar-refractivity contribution in [2.45, 2.75) is 45.7 Å². The molecular formula is C9H21NO2S. The van der Waals surface area contributed by atoms with Gasteiger partial charge in [0.05, 0.1) is 5.75 Å². The highest BCUT2D eigenvalue weighted by Crippen LogP contribution is 1.98. The van der Waals surface area contributed by atoms with E-state index in [-0.39, 0.29) is 11.8 Å². The molecule has 80 valence electrons. The first kappa shape index (κ1) is 12.9. The molecular weight excluding hydrogens is 186 g/mol. The van der Waals surface area contributed by atoms with Gasteiger partial charge in [-0.1, -0.05) is 13.3 Å². The highest BCUT2D eigenvalue weighted by molar-refractivity contribution is 7.90. The molecule has 0 heterocycles. The smallest absolute Gasteiger partial charge is 0.148 e. The van der Waals surface area contributed by atoms with Crippen molar-refractivity contribution in [3.05, 3.63) is 0 Å². The van der Waals surface area contributed by atoms with Crippen LogP contribution in [0, 0.1) is 0 Å². The van der Waals surface area contributed by atoms with Crippen molar-refractivity contribution in [2.24, 2.45) is 0 Å². The minimum absolute atomic E-state index is 0.0524. The molecule has 0 aliphatic heterocycles. The van der Waals surface area contributed by atoms with Crippen molar-refractivity contribution in [2.75, 3.05) is 12.0 Å². The molecule has 13 heavy (non-hydrogen) atoms. The van der Waals surface area contributed by atoms with Gasteiger partial charge in [0, 0.05) is 18.3 Å². The average molecular weight is 207 g/mol. The molecule has 4 heteroatoms. The molecule has 0 amide bonds. The van der Waals surface area contributed by atoms with Crippen molar-refractivity contribution in [3.8, 4) is 0 Å². The van der Waals surface area contributed by atoms with Crippen LogP contribution in [-0.4, -0.2) is 32.5 Å². The number of hydrogen-bond acceptors (Lipinski definition) is 3. The van der Waals surface area contributed by atoms with Gasteiger partial charge in [-0.05, 0) is 20.3 Å². The summed E-state index contributed by atoms with van der Waals surface area (Å²) in [7, 11) is -2.85. The van der Waals surface area contributed by atoms with E-state index in [9.17, 15) is 8.42 Å². The summed E-state index contributed by atoms with van der Waals surface area (Å²) in [6.07, 6.45) is 3.49. The van der Waals surface area contributed by atoms with Gasteiger partial charge in [-0.3, -0.25) is 0 Å². The van der Waals surface area contributed by atoms with E-state index >= 15 is 0 Å². The van der Waals surface area contributed by atoms with Gasteiger partial charge in [0.1, 0.15) is 9.84 Å². The van der Waals surface area contributed by atoms with Crippen LogP contribution >= 0.6 is 0 Å². The van der Waals surface area contributed by atoms with Crippen molar-refractivity contribution >= 4 is 9.84 Å². The van der Waals surface area contributed by atoms with Crippen LogP contribution in [0.4, 0.5) is 0 Å². The fraction of sp³-hybridized carbons (Fsp3) is 1.00. The maximum atomic E-state index is 10.9. The van der Waals surface area contributed by atoms with Crippen molar-refractivity contribution < 1.29 is 8.42 Å². The minimum atomic E-state index is -2.85. The van der Waals surface area contributed by atoms with Crippen molar-refractivity contribution in [3.63, 3.8) is 0 Å². The van der Waals surface area contributed by atoms with E-state index in [1.54, 1.807) is 0 Å². The summed E-state index contributed by atoms with van der Waals surface area (Å²) in [5.41, 5.74) is 0. The topological polar surface area (TPSA) is 46.2 Å². The molecule has 0 aromatic rings. The molecule has 0 saturated carbocycles. The van der Waals surface area contributed by atoms with Crippen LogP contribution in [0.2, 0.25) is 0 Å². The Balaban J connectivity index is 3.80. The fourth-order valence-electron chi connectivity index (χ4n) is 1.50. The molecule has 2 unspecified atom stereocenters.